The number of ether oxygens (including phenoxy) is 1. The third-order valence-corrected chi connectivity index (χ3v) is 8.15. The van der Waals surface area contributed by atoms with Gasteiger partial charge < -0.3 is 9.64 Å². The summed E-state index contributed by atoms with van der Waals surface area (Å²) in [5, 5.41) is 3.90. The Bertz CT molecular complexity index is 1450. The molecule has 40 heavy (non-hydrogen) atoms. The van der Waals surface area contributed by atoms with Gasteiger partial charge >= 0.3 is 0 Å². The van der Waals surface area contributed by atoms with E-state index in [-0.39, 0.29) is 23.1 Å². The molecule has 1 saturated heterocycles. The van der Waals surface area contributed by atoms with E-state index in [1.165, 1.54) is 36.5 Å². The van der Waals surface area contributed by atoms with Crippen LogP contribution in [0.1, 0.15) is 30.4 Å². The Balaban J connectivity index is 1.37. The third-order valence-electron chi connectivity index (χ3n) is 6.37. The minimum atomic E-state index is -4.25. The Labute approximate surface area is 233 Å². The highest BCUT2D eigenvalue weighted by atomic mass is 32.2. The second-order valence-corrected chi connectivity index (χ2v) is 11.2. The van der Waals surface area contributed by atoms with Gasteiger partial charge in [-0.15, -0.1) is 0 Å². The molecule has 0 atom stereocenters. The fourth-order valence-corrected chi connectivity index (χ4v) is 5.59. The summed E-state index contributed by atoms with van der Waals surface area (Å²) in [6.07, 6.45) is 4.55. The van der Waals surface area contributed by atoms with Gasteiger partial charge in [0.15, 0.2) is 6.61 Å². The van der Waals surface area contributed by atoms with Crippen molar-refractivity contribution < 1.29 is 27.1 Å². The van der Waals surface area contributed by atoms with E-state index in [0.29, 0.717) is 11.3 Å². The fraction of sp³-hybridized carbons (Fsp3) is 0.276. The molecular formula is C29H31FN4O5S. The predicted octanol–water partition coefficient (Wildman–Crippen LogP) is 3.87. The van der Waals surface area contributed by atoms with Gasteiger partial charge in [-0.25, -0.2) is 18.2 Å². The number of aryl methyl sites for hydroxylation is 1. The number of rotatable bonds is 10. The van der Waals surface area contributed by atoms with E-state index < -0.39 is 28.3 Å². The molecule has 1 aliphatic rings. The van der Waals surface area contributed by atoms with Crippen LogP contribution in [0.25, 0.3) is 0 Å². The van der Waals surface area contributed by atoms with Crippen molar-refractivity contribution in [3.8, 4) is 5.75 Å². The summed E-state index contributed by atoms with van der Waals surface area (Å²) in [5.41, 5.74) is 3.53. The predicted molar refractivity (Wildman–Crippen MR) is 150 cm³/mol. The number of carbonyl (C=O) groups excluding carboxylic acids is 2. The van der Waals surface area contributed by atoms with Crippen LogP contribution in [0.4, 0.5) is 10.1 Å². The number of nitrogens with one attached hydrogen (secondary N) is 1. The van der Waals surface area contributed by atoms with Crippen molar-refractivity contribution >= 4 is 33.7 Å². The summed E-state index contributed by atoms with van der Waals surface area (Å²) in [6.45, 7) is 2.62. The lowest BCUT2D eigenvalue weighted by atomic mass is 10.1. The molecule has 0 unspecified atom stereocenters. The molecule has 0 aliphatic carbocycles. The first kappa shape index (κ1) is 28.8. The maximum Gasteiger partial charge on any atom is 0.264 e. The van der Waals surface area contributed by atoms with Gasteiger partial charge in [0.25, 0.3) is 21.8 Å². The molecule has 0 spiro atoms. The highest BCUT2D eigenvalue weighted by molar-refractivity contribution is 7.92. The Kier molecular flexibility index (Phi) is 9.49. The number of carbonyl (C=O) groups is 2. The average molecular weight is 567 g/mol. The summed E-state index contributed by atoms with van der Waals surface area (Å²) in [4.78, 5) is 26.7. The van der Waals surface area contributed by atoms with E-state index >= 15 is 0 Å². The van der Waals surface area contributed by atoms with Crippen molar-refractivity contribution in [2.45, 2.75) is 31.1 Å². The Morgan fingerprint density at radius 2 is 1.68 bits per heavy atom. The fourth-order valence-electron chi connectivity index (χ4n) is 4.17. The first-order chi connectivity index (χ1) is 19.2. The zero-order chi connectivity index (χ0) is 28.5. The molecular weight excluding hydrogens is 535 g/mol. The van der Waals surface area contributed by atoms with Gasteiger partial charge in [-0.1, -0.05) is 29.8 Å². The Morgan fingerprint density at radius 1 is 1.00 bits per heavy atom. The minimum Gasteiger partial charge on any atom is -0.484 e. The summed E-state index contributed by atoms with van der Waals surface area (Å²) in [6, 6.07) is 18.2. The highest BCUT2D eigenvalue weighted by Crippen LogP contribution is 2.26. The maximum absolute atomic E-state index is 14.6. The smallest absolute Gasteiger partial charge is 0.264 e. The number of piperidine rings is 1. The van der Waals surface area contributed by atoms with Crippen molar-refractivity contribution in [2.24, 2.45) is 5.10 Å². The SMILES string of the molecule is Cc1ccc(S(=O)(=O)N(CC(=O)N/N=C/c2ccc(OCC(=O)N3CCCCC3)cc2)c2ccccc2F)cc1. The van der Waals surface area contributed by atoms with Gasteiger partial charge in [0.1, 0.15) is 18.1 Å². The lowest BCUT2D eigenvalue weighted by Gasteiger charge is -2.26. The number of hydrazone groups is 1. The van der Waals surface area contributed by atoms with E-state index in [4.69, 9.17) is 4.74 Å². The van der Waals surface area contributed by atoms with Crippen LogP contribution >= 0.6 is 0 Å². The lowest BCUT2D eigenvalue weighted by Crippen LogP contribution is -2.40. The first-order valence-corrected chi connectivity index (χ1v) is 14.3. The second kappa shape index (κ2) is 13.2. The molecule has 1 aliphatic heterocycles. The van der Waals surface area contributed by atoms with Crippen molar-refractivity contribution in [3.63, 3.8) is 0 Å². The number of likely N-dealkylation sites (tertiary alicyclic amines) is 1. The average Bonchev–Trinajstić information content (AvgIpc) is 2.96. The van der Waals surface area contributed by atoms with Gasteiger partial charge in [0, 0.05) is 13.1 Å². The van der Waals surface area contributed by atoms with Crippen molar-refractivity contribution in [1.82, 2.24) is 10.3 Å². The molecule has 1 fully saturated rings. The summed E-state index contributed by atoms with van der Waals surface area (Å²) < 4.78 is 47.6. The molecule has 3 aromatic rings. The standard InChI is InChI=1S/C29H31FN4O5S/c1-22-9-15-25(16-10-22)40(37,38)34(27-8-4-3-7-26(27)30)20-28(35)32-31-19-23-11-13-24(14-12-23)39-21-29(36)33-17-5-2-6-18-33/h3-4,7-16,19H,2,5-6,17-18,20-21H2,1H3,(H,32,35)/b31-19+. The van der Waals surface area contributed by atoms with Crippen molar-refractivity contribution in [1.29, 1.82) is 0 Å². The zero-order valence-corrected chi connectivity index (χ0v) is 22.9. The molecule has 0 saturated carbocycles. The number of benzene rings is 3. The van der Waals surface area contributed by atoms with Crippen LogP contribution in [0.2, 0.25) is 0 Å². The quantitative estimate of drug-likeness (QED) is 0.296. The summed E-state index contributed by atoms with van der Waals surface area (Å²) in [5.74, 6) is -1.06. The molecule has 4 rings (SSSR count). The number of nitrogens with zero attached hydrogens (tertiary/aromatic N) is 3. The van der Waals surface area contributed by atoms with Crippen LogP contribution in [0, 0.1) is 12.7 Å². The van der Waals surface area contributed by atoms with Gasteiger partial charge in [0.2, 0.25) is 0 Å². The molecule has 9 nitrogen and oxygen atoms in total. The maximum atomic E-state index is 14.6. The van der Waals surface area contributed by atoms with Crippen LogP contribution in [0.5, 0.6) is 5.75 Å². The van der Waals surface area contributed by atoms with E-state index in [2.05, 4.69) is 10.5 Å². The van der Waals surface area contributed by atoms with Gasteiger partial charge in [0.05, 0.1) is 16.8 Å². The van der Waals surface area contributed by atoms with E-state index in [1.54, 1.807) is 36.4 Å². The summed E-state index contributed by atoms with van der Waals surface area (Å²) in [7, 11) is -4.25. The molecule has 11 heteroatoms. The molecule has 210 valence electrons. The van der Waals surface area contributed by atoms with Crippen molar-refractivity contribution in [2.75, 3.05) is 30.5 Å². The second-order valence-electron chi connectivity index (χ2n) is 9.37. The molecule has 3 aromatic carbocycles. The van der Waals surface area contributed by atoms with Crippen LogP contribution in [0.15, 0.2) is 82.8 Å². The van der Waals surface area contributed by atoms with Gasteiger partial charge in [-0.2, -0.15) is 5.10 Å². The van der Waals surface area contributed by atoms with Crippen LogP contribution in [-0.2, 0) is 19.6 Å². The van der Waals surface area contributed by atoms with E-state index in [0.717, 1.165) is 48.3 Å². The monoisotopic (exact) mass is 566 g/mol. The Hall–Kier alpha value is -4.25. The van der Waals surface area contributed by atoms with Gasteiger partial charge in [-0.05, 0) is 80.3 Å². The number of halogens is 1. The number of hydrogen-bond acceptors (Lipinski definition) is 6. The topological polar surface area (TPSA) is 108 Å². The van der Waals surface area contributed by atoms with Crippen LogP contribution < -0.4 is 14.5 Å². The molecule has 1 N–H and O–H groups in total. The molecule has 0 radical (unpaired) electrons. The minimum absolute atomic E-state index is 0.0342. The Morgan fingerprint density at radius 3 is 2.35 bits per heavy atom. The van der Waals surface area contributed by atoms with E-state index in [9.17, 15) is 22.4 Å². The number of sulfonamides is 1. The molecule has 0 aromatic heterocycles. The van der Waals surface area contributed by atoms with Gasteiger partial charge in [-0.3, -0.25) is 13.9 Å². The number of anilines is 1. The summed E-state index contributed by atoms with van der Waals surface area (Å²) >= 11 is 0. The first-order valence-electron chi connectivity index (χ1n) is 12.9. The van der Waals surface area contributed by atoms with Crippen LogP contribution in [0.3, 0.4) is 0 Å². The highest BCUT2D eigenvalue weighted by Gasteiger charge is 2.29. The van der Waals surface area contributed by atoms with E-state index in [1.807, 2.05) is 11.8 Å². The molecule has 0 bridgehead atoms. The largest absolute Gasteiger partial charge is 0.484 e. The van der Waals surface area contributed by atoms with Crippen LogP contribution in [-0.4, -0.2) is 57.6 Å². The zero-order valence-electron chi connectivity index (χ0n) is 22.1. The molecule has 2 amide bonds. The molecule has 1 heterocycles. The number of hydrogen-bond donors (Lipinski definition) is 1. The van der Waals surface area contributed by atoms with Crippen molar-refractivity contribution in [3.05, 3.63) is 89.7 Å². The lowest BCUT2D eigenvalue weighted by molar-refractivity contribution is -0.134. The number of amides is 2. The third kappa shape index (κ3) is 7.44. The number of para-hydroxylation sites is 1. The normalized spacial score (nSPS) is 13.7.